The van der Waals surface area contributed by atoms with Crippen LogP contribution in [0.3, 0.4) is 0 Å². The van der Waals surface area contributed by atoms with Gasteiger partial charge in [0.2, 0.25) is 12.6 Å². The molecular formula is C22H13FO7S. The van der Waals surface area contributed by atoms with Crippen molar-refractivity contribution < 1.29 is 36.0 Å². The topological polar surface area (TPSA) is 88.1 Å². The van der Waals surface area contributed by atoms with Gasteiger partial charge in [0, 0.05) is 6.07 Å². The summed E-state index contributed by atoms with van der Waals surface area (Å²) in [5.74, 6) is 0.481. The molecule has 9 heteroatoms. The monoisotopic (exact) mass is 440 g/mol. The van der Waals surface area contributed by atoms with Gasteiger partial charge in [-0.2, -0.15) is 8.42 Å². The molecule has 2 aliphatic rings. The Balaban J connectivity index is 1.39. The first-order valence-electron chi connectivity index (χ1n) is 9.07. The van der Waals surface area contributed by atoms with E-state index >= 15 is 0 Å². The molecule has 0 spiro atoms. The number of carbonyl (C=O) groups is 1. The Hall–Kier alpha value is -3.85. The Morgan fingerprint density at radius 1 is 0.903 bits per heavy atom. The van der Waals surface area contributed by atoms with Crippen LogP contribution in [0.15, 0.2) is 71.3 Å². The highest BCUT2D eigenvalue weighted by Gasteiger charge is 2.29. The quantitative estimate of drug-likeness (QED) is 0.449. The first kappa shape index (κ1) is 19.1. The molecule has 156 valence electrons. The van der Waals surface area contributed by atoms with Gasteiger partial charge in [0.25, 0.3) is 0 Å². The van der Waals surface area contributed by atoms with Gasteiger partial charge >= 0.3 is 10.1 Å². The van der Waals surface area contributed by atoms with Crippen LogP contribution in [-0.2, 0) is 10.1 Å². The predicted octanol–water partition coefficient (Wildman–Crippen LogP) is 3.94. The van der Waals surface area contributed by atoms with Gasteiger partial charge < -0.3 is 18.4 Å². The maximum absolute atomic E-state index is 13.0. The van der Waals surface area contributed by atoms with E-state index in [1.54, 1.807) is 24.3 Å². The fourth-order valence-corrected chi connectivity index (χ4v) is 4.07. The summed E-state index contributed by atoms with van der Waals surface area (Å²) in [6.45, 7) is 0.139. The molecule has 31 heavy (non-hydrogen) atoms. The Morgan fingerprint density at radius 3 is 2.48 bits per heavy atom. The van der Waals surface area contributed by atoms with Gasteiger partial charge in [0.1, 0.15) is 22.2 Å². The van der Waals surface area contributed by atoms with Gasteiger partial charge in [-0.3, -0.25) is 4.79 Å². The first-order valence-corrected chi connectivity index (χ1v) is 10.5. The van der Waals surface area contributed by atoms with E-state index in [0.29, 0.717) is 17.1 Å². The lowest BCUT2D eigenvalue weighted by Crippen LogP contribution is -2.09. The van der Waals surface area contributed by atoms with Gasteiger partial charge in [-0.05, 0) is 60.2 Å². The zero-order valence-electron chi connectivity index (χ0n) is 15.7. The second-order valence-corrected chi connectivity index (χ2v) is 8.25. The maximum atomic E-state index is 13.0. The molecule has 5 rings (SSSR count). The summed E-state index contributed by atoms with van der Waals surface area (Å²) in [5.41, 5.74) is 0.953. The molecule has 3 aromatic carbocycles. The number of hydrogen-bond donors (Lipinski definition) is 0. The van der Waals surface area contributed by atoms with Crippen LogP contribution in [0.4, 0.5) is 4.39 Å². The first-order chi connectivity index (χ1) is 14.9. The molecule has 0 N–H and O–H groups in total. The van der Waals surface area contributed by atoms with Crippen molar-refractivity contribution in [3.05, 3.63) is 83.4 Å². The molecule has 0 atom stereocenters. The minimum absolute atomic E-state index is 0.0415. The average molecular weight is 440 g/mol. The smallest absolute Gasteiger partial charge is 0.339 e. The minimum atomic E-state index is -4.18. The van der Waals surface area contributed by atoms with Crippen molar-refractivity contribution in [3.63, 3.8) is 0 Å². The van der Waals surface area contributed by atoms with Crippen LogP contribution < -0.4 is 18.4 Å². The van der Waals surface area contributed by atoms with E-state index in [1.807, 2.05) is 0 Å². The van der Waals surface area contributed by atoms with E-state index in [4.69, 9.17) is 18.4 Å². The van der Waals surface area contributed by atoms with E-state index in [1.165, 1.54) is 18.2 Å². The summed E-state index contributed by atoms with van der Waals surface area (Å²) in [5, 5.41) is 0. The SMILES string of the molecule is O=C1/C(=C/c2ccc3c(c2)OCO3)Oc2cc(OS(=O)(=O)c3ccc(F)cc3)ccc21. The van der Waals surface area contributed by atoms with Crippen LogP contribution in [0.2, 0.25) is 0 Å². The van der Waals surface area contributed by atoms with Crippen molar-refractivity contribution in [2.75, 3.05) is 6.79 Å². The Bertz CT molecular complexity index is 1340. The zero-order chi connectivity index (χ0) is 21.6. The summed E-state index contributed by atoms with van der Waals surface area (Å²) in [6.07, 6.45) is 1.56. The molecule has 0 saturated heterocycles. The highest BCUT2D eigenvalue weighted by molar-refractivity contribution is 7.87. The molecule has 2 heterocycles. The lowest BCUT2D eigenvalue weighted by Gasteiger charge is -2.08. The van der Waals surface area contributed by atoms with Gasteiger partial charge in [-0.15, -0.1) is 0 Å². The van der Waals surface area contributed by atoms with Crippen LogP contribution in [0.5, 0.6) is 23.0 Å². The molecule has 3 aromatic rings. The van der Waals surface area contributed by atoms with Crippen molar-refractivity contribution >= 4 is 22.0 Å². The van der Waals surface area contributed by atoms with Gasteiger partial charge in [0.15, 0.2) is 17.3 Å². The number of Topliss-reactive ketones (excluding diaryl/α,β-unsaturated/α-hetero) is 1. The minimum Gasteiger partial charge on any atom is -0.454 e. The van der Waals surface area contributed by atoms with E-state index in [0.717, 1.165) is 24.3 Å². The third-order valence-electron chi connectivity index (χ3n) is 4.64. The van der Waals surface area contributed by atoms with E-state index < -0.39 is 15.9 Å². The van der Waals surface area contributed by atoms with Crippen LogP contribution in [0.1, 0.15) is 15.9 Å². The highest BCUT2D eigenvalue weighted by Crippen LogP contribution is 2.37. The summed E-state index contributed by atoms with van der Waals surface area (Å²) >= 11 is 0. The Labute approximate surface area is 176 Å². The van der Waals surface area contributed by atoms with E-state index in [9.17, 15) is 17.6 Å². The van der Waals surface area contributed by atoms with Crippen LogP contribution >= 0.6 is 0 Å². The largest absolute Gasteiger partial charge is 0.454 e. The summed E-state index contributed by atoms with van der Waals surface area (Å²) in [4.78, 5) is 12.4. The van der Waals surface area contributed by atoms with Gasteiger partial charge in [0.05, 0.1) is 5.56 Å². The molecule has 0 aliphatic carbocycles. The van der Waals surface area contributed by atoms with E-state index in [-0.39, 0.29) is 40.3 Å². The van der Waals surface area contributed by atoms with Crippen molar-refractivity contribution in [1.82, 2.24) is 0 Å². The number of hydrogen-bond acceptors (Lipinski definition) is 7. The summed E-state index contributed by atoms with van der Waals surface area (Å²) < 4.78 is 59.1. The number of halogens is 1. The van der Waals surface area contributed by atoms with Crippen LogP contribution in [0, 0.1) is 5.82 Å². The molecule has 0 saturated carbocycles. The molecule has 0 unspecified atom stereocenters. The molecule has 0 bridgehead atoms. The van der Waals surface area contributed by atoms with Crippen LogP contribution in [-0.4, -0.2) is 21.0 Å². The van der Waals surface area contributed by atoms with Crippen molar-refractivity contribution in [3.8, 4) is 23.0 Å². The fourth-order valence-electron chi connectivity index (χ4n) is 3.15. The molecule has 0 radical (unpaired) electrons. The molecule has 7 nitrogen and oxygen atoms in total. The second kappa shape index (κ2) is 7.13. The zero-order valence-corrected chi connectivity index (χ0v) is 16.5. The normalized spacial score (nSPS) is 15.6. The predicted molar refractivity (Wildman–Crippen MR) is 106 cm³/mol. The second-order valence-electron chi connectivity index (χ2n) is 6.70. The molecular weight excluding hydrogens is 427 g/mol. The van der Waals surface area contributed by atoms with Gasteiger partial charge in [-0.25, -0.2) is 4.39 Å². The average Bonchev–Trinajstić information content (AvgIpc) is 3.32. The summed E-state index contributed by atoms with van der Waals surface area (Å²) in [7, 11) is -4.18. The van der Waals surface area contributed by atoms with Gasteiger partial charge in [-0.1, -0.05) is 6.07 Å². The van der Waals surface area contributed by atoms with Crippen molar-refractivity contribution in [2.24, 2.45) is 0 Å². The lowest BCUT2D eigenvalue weighted by molar-refractivity contribution is 0.101. The van der Waals surface area contributed by atoms with Crippen LogP contribution in [0.25, 0.3) is 6.08 Å². The summed E-state index contributed by atoms with van der Waals surface area (Å²) in [6, 6.07) is 13.5. The highest BCUT2D eigenvalue weighted by atomic mass is 32.2. The Morgan fingerprint density at radius 2 is 1.68 bits per heavy atom. The number of allylic oxidation sites excluding steroid dienone is 1. The van der Waals surface area contributed by atoms with E-state index in [2.05, 4.69) is 0 Å². The molecule has 0 amide bonds. The lowest BCUT2D eigenvalue weighted by atomic mass is 10.1. The number of fused-ring (bicyclic) bond motifs is 2. The van der Waals surface area contributed by atoms with Crippen molar-refractivity contribution in [2.45, 2.75) is 4.90 Å². The number of benzene rings is 3. The number of ether oxygens (including phenoxy) is 3. The Kier molecular flexibility index (Phi) is 4.40. The molecule has 0 fully saturated rings. The standard InChI is InChI=1S/C22H13FO7S/c23-14-2-5-16(6-3-14)31(25,26)30-15-4-7-17-19(11-15)29-21(22(17)24)10-13-1-8-18-20(9-13)28-12-27-18/h1-11H,12H2/b21-10-. The molecule has 0 aromatic heterocycles. The third-order valence-corrected chi connectivity index (χ3v) is 5.91. The number of carbonyl (C=O) groups excluding carboxylic acids is 1. The maximum Gasteiger partial charge on any atom is 0.339 e. The number of rotatable bonds is 4. The van der Waals surface area contributed by atoms with Crippen molar-refractivity contribution in [1.29, 1.82) is 0 Å². The fraction of sp³-hybridized carbons (Fsp3) is 0.0455. The number of ketones is 1. The molecule has 2 aliphatic heterocycles. The third kappa shape index (κ3) is 3.59.